The summed E-state index contributed by atoms with van der Waals surface area (Å²) in [6.07, 6.45) is 1.20. The summed E-state index contributed by atoms with van der Waals surface area (Å²) in [5.74, 6) is 1.93. The molecule has 8 nitrogen and oxygen atoms in total. The van der Waals surface area contributed by atoms with Gasteiger partial charge in [0.2, 0.25) is 5.91 Å². The molecule has 0 atom stereocenters. The minimum atomic E-state index is -0.507. The van der Waals surface area contributed by atoms with Crippen LogP contribution in [0.1, 0.15) is 25.3 Å². The standard InChI is InChI=1S/C24H31N3O5/c1-24(22(28)25-16-17-5-8-19(30-2)9-6-17)11-13-27(14-12-24)23(29)26-18-7-10-20(31-3)21(15-18)32-4/h5-10,15H,11-14,16H2,1-4H3,(H,25,28)(H,26,29). The molecule has 1 fully saturated rings. The highest BCUT2D eigenvalue weighted by atomic mass is 16.5. The number of likely N-dealkylation sites (tertiary alicyclic amines) is 1. The van der Waals surface area contributed by atoms with Gasteiger partial charge in [0, 0.05) is 36.8 Å². The second-order valence-electron chi connectivity index (χ2n) is 8.08. The van der Waals surface area contributed by atoms with Gasteiger partial charge in [-0.05, 0) is 42.7 Å². The second-order valence-corrected chi connectivity index (χ2v) is 8.08. The molecule has 0 aliphatic carbocycles. The van der Waals surface area contributed by atoms with E-state index in [0.29, 0.717) is 49.7 Å². The summed E-state index contributed by atoms with van der Waals surface area (Å²) in [4.78, 5) is 27.3. The first kappa shape index (κ1) is 23.2. The smallest absolute Gasteiger partial charge is 0.321 e. The van der Waals surface area contributed by atoms with Crippen LogP contribution >= 0.6 is 0 Å². The van der Waals surface area contributed by atoms with Crippen molar-refractivity contribution in [1.29, 1.82) is 0 Å². The van der Waals surface area contributed by atoms with Crippen LogP contribution in [0.25, 0.3) is 0 Å². The van der Waals surface area contributed by atoms with E-state index in [4.69, 9.17) is 14.2 Å². The van der Waals surface area contributed by atoms with Crippen LogP contribution in [-0.2, 0) is 11.3 Å². The zero-order valence-electron chi connectivity index (χ0n) is 19.1. The van der Waals surface area contributed by atoms with Crippen LogP contribution in [0, 0.1) is 5.41 Å². The Bertz CT molecular complexity index is 937. The quantitative estimate of drug-likeness (QED) is 0.685. The van der Waals surface area contributed by atoms with Crippen molar-refractivity contribution < 1.29 is 23.8 Å². The fourth-order valence-corrected chi connectivity index (χ4v) is 3.69. The minimum Gasteiger partial charge on any atom is -0.497 e. The van der Waals surface area contributed by atoms with Crippen molar-refractivity contribution in [2.24, 2.45) is 5.41 Å². The molecule has 1 aliphatic heterocycles. The SMILES string of the molecule is COc1ccc(CNC(=O)C2(C)CCN(C(=O)Nc3ccc(OC)c(OC)c3)CC2)cc1. The van der Waals surface area contributed by atoms with Gasteiger partial charge in [-0.3, -0.25) is 4.79 Å². The van der Waals surface area contributed by atoms with Crippen LogP contribution in [0.4, 0.5) is 10.5 Å². The van der Waals surface area contributed by atoms with Crippen LogP contribution in [0.2, 0.25) is 0 Å². The van der Waals surface area contributed by atoms with E-state index < -0.39 is 5.41 Å². The molecule has 8 heteroatoms. The lowest BCUT2D eigenvalue weighted by atomic mass is 9.79. The molecule has 2 N–H and O–H groups in total. The fourth-order valence-electron chi connectivity index (χ4n) is 3.69. The molecule has 1 saturated heterocycles. The molecule has 2 aromatic rings. The number of hydrogen-bond acceptors (Lipinski definition) is 5. The van der Waals surface area contributed by atoms with Crippen molar-refractivity contribution in [1.82, 2.24) is 10.2 Å². The third kappa shape index (κ3) is 5.43. The summed E-state index contributed by atoms with van der Waals surface area (Å²) in [5, 5.41) is 5.92. The number of benzene rings is 2. The molecular weight excluding hydrogens is 410 g/mol. The number of hydrogen-bond donors (Lipinski definition) is 2. The molecule has 3 rings (SSSR count). The minimum absolute atomic E-state index is 0.00765. The third-order valence-corrected chi connectivity index (χ3v) is 5.95. The van der Waals surface area contributed by atoms with Crippen LogP contribution < -0.4 is 24.8 Å². The van der Waals surface area contributed by atoms with E-state index >= 15 is 0 Å². The molecule has 0 bridgehead atoms. The maximum absolute atomic E-state index is 12.8. The van der Waals surface area contributed by atoms with Gasteiger partial charge in [-0.15, -0.1) is 0 Å². The molecule has 1 heterocycles. The van der Waals surface area contributed by atoms with Crippen LogP contribution in [-0.4, -0.2) is 51.3 Å². The molecule has 1 aliphatic rings. The fraction of sp³-hybridized carbons (Fsp3) is 0.417. The Morgan fingerprint density at radius 1 is 0.938 bits per heavy atom. The molecule has 0 spiro atoms. The normalized spacial score (nSPS) is 14.9. The van der Waals surface area contributed by atoms with Crippen LogP contribution in [0.3, 0.4) is 0 Å². The summed E-state index contributed by atoms with van der Waals surface area (Å²) < 4.78 is 15.7. The van der Waals surface area contributed by atoms with Gasteiger partial charge in [-0.2, -0.15) is 0 Å². The van der Waals surface area contributed by atoms with Gasteiger partial charge >= 0.3 is 6.03 Å². The molecule has 0 unspecified atom stereocenters. The van der Waals surface area contributed by atoms with Gasteiger partial charge in [0.15, 0.2) is 11.5 Å². The number of ether oxygens (including phenoxy) is 3. The highest BCUT2D eigenvalue weighted by molar-refractivity contribution is 5.90. The Labute approximate surface area is 188 Å². The molecule has 0 aromatic heterocycles. The Balaban J connectivity index is 1.51. The molecule has 172 valence electrons. The van der Waals surface area contributed by atoms with E-state index in [9.17, 15) is 9.59 Å². The summed E-state index contributed by atoms with van der Waals surface area (Å²) in [7, 11) is 4.74. The van der Waals surface area contributed by atoms with E-state index in [1.54, 1.807) is 44.4 Å². The number of urea groups is 1. The largest absolute Gasteiger partial charge is 0.497 e. The number of nitrogens with zero attached hydrogens (tertiary/aromatic N) is 1. The average Bonchev–Trinajstić information content (AvgIpc) is 2.83. The van der Waals surface area contributed by atoms with E-state index in [1.165, 1.54) is 0 Å². The van der Waals surface area contributed by atoms with Gasteiger partial charge in [-0.25, -0.2) is 4.79 Å². The Morgan fingerprint density at radius 3 is 2.19 bits per heavy atom. The number of rotatable bonds is 7. The molecule has 3 amide bonds. The molecule has 0 radical (unpaired) electrons. The van der Waals surface area contributed by atoms with Gasteiger partial charge in [-0.1, -0.05) is 19.1 Å². The van der Waals surface area contributed by atoms with Crippen molar-refractivity contribution >= 4 is 17.6 Å². The summed E-state index contributed by atoms with van der Waals surface area (Å²) in [6, 6.07) is 12.6. The van der Waals surface area contributed by atoms with E-state index in [2.05, 4.69) is 10.6 Å². The summed E-state index contributed by atoms with van der Waals surface area (Å²) in [5.41, 5.74) is 1.12. The van der Waals surface area contributed by atoms with Gasteiger partial charge in [0.1, 0.15) is 5.75 Å². The zero-order chi connectivity index (χ0) is 23.1. The first-order valence-corrected chi connectivity index (χ1v) is 10.6. The predicted octanol–water partition coefficient (Wildman–Crippen LogP) is 3.66. The topological polar surface area (TPSA) is 89.1 Å². The van der Waals surface area contributed by atoms with Crippen LogP contribution in [0.15, 0.2) is 42.5 Å². The predicted molar refractivity (Wildman–Crippen MR) is 122 cm³/mol. The monoisotopic (exact) mass is 441 g/mol. The number of piperidine rings is 1. The lowest BCUT2D eigenvalue weighted by molar-refractivity contribution is -0.132. The van der Waals surface area contributed by atoms with Crippen LogP contribution in [0.5, 0.6) is 17.2 Å². The van der Waals surface area contributed by atoms with Crippen molar-refractivity contribution in [3.63, 3.8) is 0 Å². The zero-order valence-corrected chi connectivity index (χ0v) is 19.1. The molecule has 0 saturated carbocycles. The molecule has 32 heavy (non-hydrogen) atoms. The van der Waals surface area contributed by atoms with Gasteiger partial charge in [0.25, 0.3) is 0 Å². The number of amides is 3. The van der Waals surface area contributed by atoms with Crippen molar-refractivity contribution in [2.45, 2.75) is 26.3 Å². The maximum Gasteiger partial charge on any atom is 0.321 e. The average molecular weight is 442 g/mol. The Hall–Kier alpha value is -3.42. The summed E-state index contributed by atoms with van der Waals surface area (Å²) >= 11 is 0. The summed E-state index contributed by atoms with van der Waals surface area (Å²) in [6.45, 7) is 3.43. The van der Waals surface area contributed by atoms with E-state index in [1.807, 2.05) is 31.2 Å². The van der Waals surface area contributed by atoms with Gasteiger partial charge < -0.3 is 29.7 Å². The van der Waals surface area contributed by atoms with E-state index in [-0.39, 0.29) is 11.9 Å². The van der Waals surface area contributed by atoms with Crippen molar-refractivity contribution in [2.75, 3.05) is 39.7 Å². The number of nitrogens with one attached hydrogen (secondary N) is 2. The lowest BCUT2D eigenvalue weighted by Crippen LogP contribution is -2.49. The third-order valence-electron chi connectivity index (χ3n) is 5.95. The lowest BCUT2D eigenvalue weighted by Gasteiger charge is -2.38. The Morgan fingerprint density at radius 2 is 1.59 bits per heavy atom. The van der Waals surface area contributed by atoms with E-state index in [0.717, 1.165) is 11.3 Å². The highest BCUT2D eigenvalue weighted by Gasteiger charge is 2.38. The highest BCUT2D eigenvalue weighted by Crippen LogP contribution is 2.33. The van der Waals surface area contributed by atoms with Crippen molar-refractivity contribution in [3.05, 3.63) is 48.0 Å². The number of carbonyl (C=O) groups is 2. The number of anilines is 1. The first-order valence-electron chi connectivity index (χ1n) is 10.6. The Kier molecular flexibility index (Phi) is 7.45. The molecular formula is C24H31N3O5. The number of methoxy groups -OCH3 is 3. The number of carbonyl (C=O) groups excluding carboxylic acids is 2. The molecule has 2 aromatic carbocycles. The maximum atomic E-state index is 12.8. The van der Waals surface area contributed by atoms with Crippen molar-refractivity contribution in [3.8, 4) is 17.2 Å². The first-order chi connectivity index (χ1) is 15.4. The second kappa shape index (κ2) is 10.3. The van der Waals surface area contributed by atoms with Gasteiger partial charge in [0.05, 0.1) is 21.3 Å².